The fourth-order valence-electron chi connectivity index (χ4n) is 9.29. The molecule has 4 aromatic rings. The van der Waals surface area contributed by atoms with Crippen LogP contribution in [0.2, 0.25) is 0 Å². The van der Waals surface area contributed by atoms with E-state index in [2.05, 4.69) is 70.1 Å². The van der Waals surface area contributed by atoms with Crippen molar-refractivity contribution in [3.8, 4) is 33.9 Å². The van der Waals surface area contributed by atoms with Crippen molar-refractivity contribution in [3.05, 3.63) is 71.8 Å². The molecule has 3 heterocycles. The number of aromatic amines is 2. The number of aryl methyl sites for hydroxylation is 1. The Morgan fingerprint density at radius 2 is 1.47 bits per heavy atom. The van der Waals surface area contributed by atoms with E-state index in [0.717, 1.165) is 83.0 Å². The van der Waals surface area contributed by atoms with Gasteiger partial charge in [0.05, 0.1) is 38.1 Å². The van der Waals surface area contributed by atoms with E-state index in [1.54, 1.807) is 0 Å². The molecule has 14 heteroatoms. The number of nitrogens with one attached hydrogen (secondary N) is 4. The lowest BCUT2D eigenvalue weighted by molar-refractivity contribution is -0.143. The van der Waals surface area contributed by atoms with Crippen LogP contribution in [-0.4, -0.2) is 86.7 Å². The molecule has 3 fully saturated rings. The first-order valence-corrected chi connectivity index (χ1v) is 20.0. The first-order chi connectivity index (χ1) is 27.4. The Bertz CT molecular complexity index is 2110. The largest absolute Gasteiger partial charge is 0.453 e. The molecule has 0 spiro atoms. The van der Waals surface area contributed by atoms with E-state index in [9.17, 15) is 19.2 Å². The summed E-state index contributed by atoms with van der Waals surface area (Å²) in [6, 6.07) is 13.5. The second-order valence-electron chi connectivity index (χ2n) is 16.3. The number of amides is 4. The first kappa shape index (κ1) is 39.6. The maximum Gasteiger partial charge on any atom is 0.425 e. The van der Waals surface area contributed by atoms with Crippen LogP contribution in [-0.2, 0) is 19.1 Å². The molecule has 0 radical (unpaired) electrons. The van der Waals surface area contributed by atoms with E-state index in [1.165, 1.54) is 19.2 Å². The van der Waals surface area contributed by atoms with Crippen molar-refractivity contribution >= 4 is 24.0 Å². The molecule has 7 rings (SSSR count). The normalized spacial score (nSPS) is 21.8. The van der Waals surface area contributed by atoms with Gasteiger partial charge in [-0.05, 0) is 87.3 Å². The van der Waals surface area contributed by atoms with Gasteiger partial charge in [0, 0.05) is 41.5 Å². The number of nitrogens with zero attached hydrogens (tertiary/aromatic N) is 4. The van der Waals surface area contributed by atoms with Crippen LogP contribution >= 0.6 is 0 Å². The van der Waals surface area contributed by atoms with Crippen molar-refractivity contribution in [2.75, 3.05) is 20.8 Å². The van der Waals surface area contributed by atoms with Crippen LogP contribution in [0.4, 0.5) is 9.59 Å². The molecule has 2 bridgehead atoms. The average Bonchev–Trinajstić information content (AvgIpc) is 4.06. The molecule has 2 aromatic carbocycles. The minimum absolute atomic E-state index is 0.00337. The lowest BCUT2D eigenvalue weighted by atomic mass is 9.77. The number of methoxy groups -OCH3 is 2. The lowest BCUT2D eigenvalue weighted by Crippen LogP contribution is -2.53. The van der Waals surface area contributed by atoms with Gasteiger partial charge in [-0.25, -0.2) is 30.0 Å². The Morgan fingerprint density at radius 1 is 0.825 bits per heavy atom. The number of carbonyl (C=O) groups excluding carboxylic acids is 4. The van der Waals surface area contributed by atoms with Gasteiger partial charge in [0.15, 0.2) is 0 Å². The summed E-state index contributed by atoms with van der Waals surface area (Å²) in [6.45, 7) is 10.3. The Morgan fingerprint density at radius 3 is 2.16 bits per heavy atom. The summed E-state index contributed by atoms with van der Waals surface area (Å²) in [5.41, 5.74) is 9.57. The van der Waals surface area contributed by atoms with Gasteiger partial charge in [-0.1, -0.05) is 56.3 Å². The number of benzene rings is 2. The Hall–Kier alpha value is -5.66. The number of rotatable bonds is 10. The SMILES string of the molecule is COC(=O)NC(C(=O)N1CCC[C@H]1c1cnc(-c2ccc(-c3ccc(-c4ncc([C@@H]5C6CCC(C6)[C@H]5C(=O)N(NC(=O)OC)C(C)C)[nH]4)cc3)cc2C)[nH]1)C(C)C. The van der Waals surface area contributed by atoms with Crippen LogP contribution in [0.15, 0.2) is 54.9 Å². The molecule has 1 aliphatic heterocycles. The highest BCUT2D eigenvalue weighted by molar-refractivity contribution is 5.86. The zero-order valence-electron chi connectivity index (χ0n) is 33.8. The molecule has 2 saturated carbocycles. The molecule has 302 valence electrons. The highest BCUT2D eigenvalue weighted by Crippen LogP contribution is 2.57. The van der Waals surface area contributed by atoms with Gasteiger partial charge in [-0.2, -0.15) is 0 Å². The molecule has 2 aliphatic carbocycles. The van der Waals surface area contributed by atoms with Crippen LogP contribution in [0, 0.1) is 30.6 Å². The monoisotopic (exact) mass is 778 g/mol. The van der Waals surface area contributed by atoms with E-state index >= 15 is 0 Å². The van der Waals surface area contributed by atoms with E-state index in [4.69, 9.17) is 19.4 Å². The highest BCUT2D eigenvalue weighted by Gasteiger charge is 2.53. The Kier molecular flexibility index (Phi) is 11.4. The summed E-state index contributed by atoms with van der Waals surface area (Å²) < 4.78 is 9.57. The molecule has 1 saturated heterocycles. The van der Waals surface area contributed by atoms with Crippen molar-refractivity contribution in [1.29, 1.82) is 0 Å². The Balaban J connectivity index is 1.04. The zero-order chi connectivity index (χ0) is 40.5. The number of hydrogen-bond donors (Lipinski definition) is 4. The fraction of sp³-hybridized carbons (Fsp3) is 0.488. The summed E-state index contributed by atoms with van der Waals surface area (Å²) in [7, 11) is 2.59. The maximum atomic E-state index is 13.9. The summed E-state index contributed by atoms with van der Waals surface area (Å²) >= 11 is 0. The molecule has 4 amide bonds. The van der Waals surface area contributed by atoms with Gasteiger partial charge in [0.2, 0.25) is 11.8 Å². The predicted octanol–water partition coefficient (Wildman–Crippen LogP) is 7.12. The molecular formula is C43H54N8O6. The van der Waals surface area contributed by atoms with Gasteiger partial charge in [0.1, 0.15) is 17.7 Å². The quantitative estimate of drug-likeness (QED) is 0.123. The number of H-pyrrole nitrogens is 2. The van der Waals surface area contributed by atoms with Gasteiger partial charge in [-0.3, -0.25) is 9.59 Å². The van der Waals surface area contributed by atoms with E-state index < -0.39 is 18.2 Å². The number of ether oxygens (including phenoxy) is 2. The zero-order valence-corrected chi connectivity index (χ0v) is 33.8. The molecule has 57 heavy (non-hydrogen) atoms. The molecule has 3 unspecified atom stereocenters. The number of hydrogen-bond acceptors (Lipinski definition) is 8. The lowest BCUT2D eigenvalue weighted by Gasteiger charge is -2.35. The smallest absolute Gasteiger partial charge is 0.425 e. The number of imidazole rings is 2. The van der Waals surface area contributed by atoms with Gasteiger partial charge in [0.25, 0.3) is 0 Å². The second kappa shape index (κ2) is 16.4. The van der Waals surface area contributed by atoms with Crippen molar-refractivity contribution in [1.82, 2.24) is 40.6 Å². The van der Waals surface area contributed by atoms with Crippen molar-refractivity contribution < 1.29 is 28.7 Å². The number of likely N-dealkylation sites (tertiary alicyclic amines) is 1. The van der Waals surface area contributed by atoms with Crippen LogP contribution in [0.1, 0.15) is 88.7 Å². The molecule has 14 nitrogen and oxygen atoms in total. The minimum Gasteiger partial charge on any atom is -0.453 e. The second-order valence-corrected chi connectivity index (χ2v) is 16.3. The highest BCUT2D eigenvalue weighted by atomic mass is 16.5. The van der Waals surface area contributed by atoms with E-state index in [-0.39, 0.29) is 47.6 Å². The van der Waals surface area contributed by atoms with Crippen LogP contribution in [0.3, 0.4) is 0 Å². The Labute approximate surface area is 333 Å². The molecule has 6 atom stereocenters. The van der Waals surface area contributed by atoms with Crippen molar-refractivity contribution in [2.24, 2.45) is 23.7 Å². The average molecular weight is 779 g/mol. The third-order valence-corrected chi connectivity index (χ3v) is 12.2. The standard InChI is InChI=1S/C43H54N8O6/c1-23(2)37(48-42(54)56-6)41(53)50-18-8-9-34(50)32-21-45-39(46-32)31-17-16-28(19-25(31)5)26-10-12-27(13-11-26)38-44-22-33(47-38)35-29-14-15-30(20-29)36(35)40(52)51(24(3)4)49-43(55)57-7/h10-13,16-17,19,21-24,29-30,34-37H,8-9,14-15,18,20H2,1-7H3,(H,44,47)(H,45,46)(H,48,54)(H,49,55)/t29?,30?,34-,35-,36+,37?/m0/s1. The molecule has 3 aliphatic rings. The molecular weight excluding hydrogens is 725 g/mol. The third kappa shape index (κ3) is 7.86. The number of aromatic nitrogens is 4. The molecule has 4 N–H and O–H groups in total. The van der Waals surface area contributed by atoms with Gasteiger partial charge in [-0.15, -0.1) is 0 Å². The number of alkyl carbamates (subject to hydrolysis) is 1. The number of carbonyl (C=O) groups is 4. The van der Waals surface area contributed by atoms with E-state index in [0.29, 0.717) is 12.5 Å². The minimum atomic E-state index is -0.682. The molecule has 2 aromatic heterocycles. The summed E-state index contributed by atoms with van der Waals surface area (Å²) in [5, 5.41) is 4.13. The first-order valence-electron chi connectivity index (χ1n) is 20.0. The van der Waals surface area contributed by atoms with Crippen LogP contribution in [0.5, 0.6) is 0 Å². The maximum absolute atomic E-state index is 13.9. The number of hydrazine groups is 1. The topological polar surface area (TPSA) is 175 Å². The summed E-state index contributed by atoms with van der Waals surface area (Å²) in [4.78, 5) is 70.0. The van der Waals surface area contributed by atoms with Crippen LogP contribution in [0.25, 0.3) is 33.9 Å². The predicted molar refractivity (Wildman–Crippen MR) is 214 cm³/mol. The third-order valence-electron chi connectivity index (χ3n) is 12.2. The van der Waals surface area contributed by atoms with E-state index in [1.807, 2.05) is 45.0 Å². The van der Waals surface area contributed by atoms with Gasteiger partial charge < -0.3 is 29.7 Å². The van der Waals surface area contributed by atoms with Gasteiger partial charge >= 0.3 is 12.2 Å². The summed E-state index contributed by atoms with van der Waals surface area (Å²) in [6.07, 6.45) is 7.15. The summed E-state index contributed by atoms with van der Waals surface area (Å²) in [5.74, 6) is 1.57. The number of fused-ring (bicyclic) bond motifs is 2. The van der Waals surface area contributed by atoms with Crippen molar-refractivity contribution in [2.45, 2.75) is 90.8 Å². The van der Waals surface area contributed by atoms with Crippen LogP contribution < -0.4 is 10.7 Å². The fourth-order valence-corrected chi connectivity index (χ4v) is 9.29. The van der Waals surface area contributed by atoms with Crippen molar-refractivity contribution in [3.63, 3.8) is 0 Å².